The number of ether oxygens (including phenoxy) is 1. The number of nitrogens with zero attached hydrogens (tertiary/aromatic N) is 2. The predicted molar refractivity (Wildman–Crippen MR) is 76.3 cm³/mol. The van der Waals surface area contributed by atoms with Crippen LogP contribution >= 0.6 is 11.3 Å². The van der Waals surface area contributed by atoms with E-state index in [9.17, 15) is 12.8 Å². The Kier molecular flexibility index (Phi) is 3.92. The van der Waals surface area contributed by atoms with Crippen molar-refractivity contribution < 1.29 is 17.5 Å². The highest BCUT2D eigenvalue weighted by Gasteiger charge is 2.35. The largest absolute Gasteiger partial charge is 0.465 e. The number of aromatic nitrogens is 1. The second-order valence-electron chi connectivity index (χ2n) is 4.62. The van der Waals surface area contributed by atoms with Crippen molar-refractivity contribution in [1.82, 2.24) is 9.29 Å². The predicted octanol–water partition coefficient (Wildman–Crippen LogP) is 2.12. The van der Waals surface area contributed by atoms with Gasteiger partial charge in [0.25, 0.3) is 5.19 Å². The molecule has 21 heavy (non-hydrogen) atoms. The number of sulfonamides is 1. The van der Waals surface area contributed by atoms with Crippen molar-refractivity contribution in [2.24, 2.45) is 0 Å². The quantitative estimate of drug-likeness (QED) is 0.863. The molecule has 1 saturated heterocycles. The Hall–Kier alpha value is -1.51. The molecule has 5 nitrogen and oxygen atoms in total. The molecule has 0 aliphatic carbocycles. The number of thiazole rings is 1. The van der Waals surface area contributed by atoms with Crippen molar-refractivity contribution in [3.8, 4) is 5.19 Å². The summed E-state index contributed by atoms with van der Waals surface area (Å²) in [5.74, 6) is -0.734. The summed E-state index contributed by atoms with van der Waals surface area (Å²) in [6, 6.07) is 5.40. The number of halogens is 1. The first-order chi connectivity index (χ1) is 10.1. The molecule has 2 heterocycles. The van der Waals surface area contributed by atoms with Crippen LogP contribution in [-0.2, 0) is 10.0 Å². The van der Waals surface area contributed by atoms with Gasteiger partial charge in [-0.15, -0.1) is 0 Å². The molecular weight excluding hydrogens is 315 g/mol. The maximum atomic E-state index is 13.7. The van der Waals surface area contributed by atoms with Crippen molar-refractivity contribution in [3.63, 3.8) is 0 Å². The molecule has 2 aromatic rings. The molecule has 112 valence electrons. The Morgan fingerprint density at radius 3 is 2.90 bits per heavy atom. The van der Waals surface area contributed by atoms with E-state index in [2.05, 4.69) is 4.98 Å². The van der Waals surface area contributed by atoms with Gasteiger partial charge in [0.05, 0.1) is 6.54 Å². The molecule has 1 aromatic heterocycles. The summed E-state index contributed by atoms with van der Waals surface area (Å²) >= 11 is 1.36. The van der Waals surface area contributed by atoms with Gasteiger partial charge < -0.3 is 4.74 Å². The van der Waals surface area contributed by atoms with Gasteiger partial charge in [0.1, 0.15) is 16.8 Å². The third kappa shape index (κ3) is 2.92. The van der Waals surface area contributed by atoms with E-state index < -0.39 is 15.8 Å². The van der Waals surface area contributed by atoms with E-state index in [-0.39, 0.29) is 17.5 Å². The minimum Gasteiger partial charge on any atom is -0.465 e. The van der Waals surface area contributed by atoms with Gasteiger partial charge in [0, 0.05) is 18.1 Å². The van der Waals surface area contributed by atoms with Gasteiger partial charge in [-0.25, -0.2) is 17.8 Å². The van der Waals surface area contributed by atoms with Gasteiger partial charge in [0.2, 0.25) is 10.0 Å². The summed E-state index contributed by atoms with van der Waals surface area (Å²) in [5.41, 5.74) is 0. The Morgan fingerprint density at radius 2 is 2.19 bits per heavy atom. The molecule has 1 aliphatic heterocycles. The second kappa shape index (κ2) is 5.70. The SMILES string of the molecule is O=S(=O)(c1ccccc1F)N1CCC(Oc2nccs2)C1. The van der Waals surface area contributed by atoms with E-state index in [1.165, 1.54) is 33.8 Å². The van der Waals surface area contributed by atoms with E-state index in [1.54, 1.807) is 11.6 Å². The van der Waals surface area contributed by atoms with Crippen LogP contribution in [0.1, 0.15) is 6.42 Å². The first kappa shape index (κ1) is 14.4. The van der Waals surface area contributed by atoms with Crippen molar-refractivity contribution in [3.05, 3.63) is 41.7 Å². The van der Waals surface area contributed by atoms with Crippen molar-refractivity contribution in [2.45, 2.75) is 17.4 Å². The molecule has 0 spiro atoms. The molecule has 8 heteroatoms. The highest BCUT2D eigenvalue weighted by molar-refractivity contribution is 7.89. The van der Waals surface area contributed by atoms with E-state index in [0.29, 0.717) is 18.2 Å². The maximum Gasteiger partial charge on any atom is 0.273 e. The van der Waals surface area contributed by atoms with Crippen LogP contribution in [0.25, 0.3) is 0 Å². The first-order valence-electron chi connectivity index (χ1n) is 6.38. The van der Waals surface area contributed by atoms with E-state index >= 15 is 0 Å². The van der Waals surface area contributed by atoms with Crippen molar-refractivity contribution in [1.29, 1.82) is 0 Å². The molecule has 1 fully saturated rings. The highest BCUT2D eigenvalue weighted by atomic mass is 32.2. The van der Waals surface area contributed by atoms with Gasteiger partial charge in [-0.3, -0.25) is 0 Å². The maximum absolute atomic E-state index is 13.7. The number of benzene rings is 1. The summed E-state index contributed by atoms with van der Waals surface area (Å²) in [4.78, 5) is 3.72. The topological polar surface area (TPSA) is 59.5 Å². The average Bonchev–Trinajstić information content (AvgIpc) is 3.11. The Labute approximate surface area is 126 Å². The summed E-state index contributed by atoms with van der Waals surface area (Å²) in [5, 5.41) is 2.31. The molecule has 0 radical (unpaired) electrons. The fraction of sp³-hybridized carbons (Fsp3) is 0.308. The van der Waals surface area contributed by atoms with Gasteiger partial charge >= 0.3 is 0 Å². The Bertz CT molecular complexity index is 719. The van der Waals surface area contributed by atoms with Gasteiger partial charge in [-0.1, -0.05) is 23.5 Å². The second-order valence-corrected chi connectivity index (χ2v) is 7.38. The van der Waals surface area contributed by atoms with Crippen LogP contribution in [0.3, 0.4) is 0 Å². The summed E-state index contributed by atoms with van der Waals surface area (Å²) < 4.78 is 45.4. The fourth-order valence-electron chi connectivity index (χ4n) is 2.22. The lowest BCUT2D eigenvalue weighted by Gasteiger charge is -2.16. The molecule has 0 amide bonds. The molecule has 0 bridgehead atoms. The highest BCUT2D eigenvalue weighted by Crippen LogP contribution is 2.26. The van der Waals surface area contributed by atoms with Gasteiger partial charge in [-0.05, 0) is 18.6 Å². The first-order valence-corrected chi connectivity index (χ1v) is 8.70. The number of hydrogen-bond acceptors (Lipinski definition) is 5. The lowest BCUT2D eigenvalue weighted by molar-refractivity contribution is 0.214. The van der Waals surface area contributed by atoms with Crippen LogP contribution in [-0.4, -0.2) is 36.9 Å². The molecule has 1 unspecified atom stereocenters. The third-order valence-electron chi connectivity index (χ3n) is 3.24. The minimum atomic E-state index is -3.82. The van der Waals surface area contributed by atoms with Crippen molar-refractivity contribution in [2.75, 3.05) is 13.1 Å². The zero-order valence-electron chi connectivity index (χ0n) is 11.0. The van der Waals surface area contributed by atoms with E-state index in [1.807, 2.05) is 0 Å². The minimum absolute atomic E-state index is 0.205. The molecular formula is C13H13FN2O3S2. The number of hydrogen-bond donors (Lipinski definition) is 0. The van der Waals surface area contributed by atoms with Crippen LogP contribution < -0.4 is 4.74 Å². The molecule has 1 aliphatic rings. The van der Waals surface area contributed by atoms with Gasteiger partial charge in [0.15, 0.2) is 0 Å². The van der Waals surface area contributed by atoms with Crippen LogP contribution in [0.15, 0.2) is 40.7 Å². The lowest BCUT2D eigenvalue weighted by Crippen LogP contribution is -2.31. The smallest absolute Gasteiger partial charge is 0.273 e. The zero-order valence-corrected chi connectivity index (χ0v) is 12.6. The fourth-order valence-corrected chi connectivity index (χ4v) is 4.32. The summed E-state index contributed by atoms with van der Waals surface area (Å²) in [7, 11) is -3.82. The van der Waals surface area contributed by atoms with Crippen molar-refractivity contribution >= 4 is 21.4 Å². The molecule has 1 atom stereocenters. The standard InChI is InChI=1S/C13H13FN2O3S2/c14-11-3-1-2-4-12(11)21(17,18)16-7-5-10(9-16)19-13-15-6-8-20-13/h1-4,6,8,10H,5,7,9H2. The monoisotopic (exact) mass is 328 g/mol. The number of rotatable bonds is 4. The molecule has 3 rings (SSSR count). The van der Waals surface area contributed by atoms with Gasteiger partial charge in [-0.2, -0.15) is 4.31 Å². The van der Waals surface area contributed by atoms with Crippen LogP contribution in [0.4, 0.5) is 4.39 Å². The Morgan fingerprint density at radius 1 is 1.38 bits per heavy atom. The molecule has 0 saturated carbocycles. The van der Waals surface area contributed by atoms with E-state index in [0.717, 1.165) is 6.07 Å². The molecule has 1 aromatic carbocycles. The summed E-state index contributed by atoms with van der Waals surface area (Å²) in [6.45, 7) is 0.517. The normalized spacial score (nSPS) is 19.8. The lowest BCUT2D eigenvalue weighted by atomic mass is 10.3. The average molecular weight is 328 g/mol. The third-order valence-corrected chi connectivity index (χ3v) is 5.80. The zero-order chi connectivity index (χ0) is 14.9. The van der Waals surface area contributed by atoms with Crippen LogP contribution in [0, 0.1) is 5.82 Å². The van der Waals surface area contributed by atoms with Crippen LogP contribution in [0.5, 0.6) is 5.19 Å². The molecule has 0 N–H and O–H groups in total. The summed E-state index contributed by atoms with van der Waals surface area (Å²) in [6.07, 6.45) is 1.94. The van der Waals surface area contributed by atoms with Crippen LogP contribution in [0.2, 0.25) is 0 Å². The van der Waals surface area contributed by atoms with E-state index in [4.69, 9.17) is 4.74 Å². The Balaban J connectivity index is 1.75.